The van der Waals surface area contributed by atoms with Crippen LogP contribution in [0.2, 0.25) is 0 Å². The minimum atomic E-state index is 0.277. The highest BCUT2D eigenvalue weighted by atomic mass is 32.2. The number of nitrogens with zero attached hydrogens (tertiary/aromatic N) is 4. The molecule has 2 aromatic rings. The summed E-state index contributed by atoms with van der Waals surface area (Å²) in [7, 11) is 1.93. The van der Waals surface area contributed by atoms with Crippen molar-refractivity contribution in [1.29, 1.82) is 0 Å². The molecule has 0 aromatic carbocycles. The summed E-state index contributed by atoms with van der Waals surface area (Å²) in [6.45, 7) is 5.17. The lowest BCUT2D eigenvalue weighted by molar-refractivity contribution is 0.585. The fraction of sp³-hybridized carbons (Fsp3) is 0.417. The molecule has 0 radical (unpaired) electrons. The third kappa shape index (κ3) is 2.88. The normalized spacial score (nSPS) is 12.6. The lowest BCUT2D eigenvalue weighted by atomic mass is 10.1. The fourth-order valence-electron chi connectivity index (χ4n) is 1.69. The van der Waals surface area contributed by atoms with Crippen LogP contribution in [0.25, 0.3) is 0 Å². The van der Waals surface area contributed by atoms with Gasteiger partial charge in [0, 0.05) is 24.8 Å². The van der Waals surface area contributed by atoms with Crippen molar-refractivity contribution in [3.05, 3.63) is 30.2 Å². The molecule has 0 saturated carbocycles. The number of hydrogen-bond acceptors (Lipinski definition) is 5. The van der Waals surface area contributed by atoms with E-state index in [2.05, 4.69) is 40.4 Å². The van der Waals surface area contributed by atoms with Gasteiger partial charge in [0.2, 0.25) is 0 Å². The number of pyridine rings is 1. The molecule has 1 unspecified atom stereocenters. The van der Waals surface area contributed by atoms with Crippen LogP contribution in [0.5, 0.6) is 0 Å². The first-order valence-electron chi connectivity index (χ1n) is 5.92. The van der Waals surface area contributed by atoms with E-state index < -0.39 is 0 Å². The van der Waals surface area contributed by atoms with Crippen molar-refractivity contribution in [2.75, 3.05) is 6.54 Å². The van der Waals surface area contributed by atoms with Crippen LogP contribution in [0.15, 0.2) is 34.8 Å². The van der Waals surface area contributed by atoms with Gasteiger partial charge in [-0.05, 0) is 31.3 Å². The average Bonchev–Trinajstić information content (AvgIpc) is 2.76. The Hall–Kier alpha value is -1.40. The van der Waals surface area contributed by atoms with Crippen LogP contribution in [0.3, 0.4) is 0 Å². The van der Waals surface area contributed by atoms with Gasteiger partial charge in [-0.25, -0.2) is 4.98 Å². The van der Waals surface area contributed by atoms with Gasteiger partial charge in [-0.3, -0.25) is 0 Å². The Morgan fingerprint density at radius 3 is 3.00 bits per heavy atom. The largest absolute Gasteiger partial charge is 0.311 e. The highest BCUT2D eigenvalue weighted by Crippen LogP contribution is 2.29. The molecule has 96 valence electrons. The lowest BCUT2D eigenvalue weighted by Crippen LogP contribution is -2.18. The Balaban J connectivity index is 2.25. The van der Waals surface area contributed by atoms with Crippen molar-refractivity contribution >= 4 is 11.8 Å². The zero-order chi connectivity index (χ0) is 13.0. The maximum absolute atomic E-state index is 4.44. The van der Waals surface area contributed by atoms with E-state index in [4.69, 9.17) is 0 Å². The number of nitrogens with one attached hydrogen (secondary N) is 1. The second-order valence-electron chi connectivity index (χ2n) is 4.00. The quantitative estimate of drug-likeness (QED) is 0.894. The minimum absolute atomic E-state index is 0.277. The lowest BCUT2D eigenvalue weighted by Gasteiger charge is -2.15. The maximum Gasteiger partial charge on any atom is 0.197 e. The summed E-state index contributed by atoms with van der Waals surface area (Å²) >= 11 is 1.54. The summed E-state index contributed by atoms with van der Waals surface area (Å²) in [6.07, 6.45) is 3.50. The number of aromatic nitrogens is 4. The molecule has 6 heteroatoms. The molecule has 2 heterocycles. The summed E-state index contributed by atoms with van der Waals surface area (Å²) in [6, 6.07) is 4.34. The van der Waals surface area contributed by atoms with Crippen LogP contribution in [-0.4, -0.2) is 26.3 Å². The molecule has 0 aliphatic rings. The van der Waals surface area contributed by atoms with Gasteiger partial charge in [-0.1, -0.05) is 13.0 Å². The van der Waals surface area contributed by atoms with E-state index >= 15 is 0 Å². The van der Waals surface area contributed by atoms with Gasteiger partial charge < -0.3 is 9.88 Å². The molecule has 2 aromatic heterocycles. The van der Waals surface area contributed by atoms with Gasteiger partial charge >= 0.3 is 0 Å². The zero-order valence-electron chi connectivity index (χ0n) is 10.8. The van der Waals surface area contributed by atoms with Crippen molar-refractivity contribution in [2.24, 2.45) is 7.05 Å². The van der Waals surface area contributed by atoms with E-state index in [9.17, 15) is 0 Å². The van der Waals surface area contributed by atoms with Crippen molar-refractivity contribution in [3.63, 3.8) is 0 Å². The molecule has 0 fully saturated rings. The Bertz CT molecular complexity index is 511. The first-order chi connectivity index (χ1) is 8.72. The van der Waals surface area contributed by atoms with Crippen LogP contribution in [0.4, 0.5) is 0 Å². The van der Waals surface area contributed by atoms with Crippen LogP contribution < -0.4 is 5.32 Å². The van der Waals surface area contributed by atoms with Crippen LogP contribution in [0.1, 0.15) is 25.5 Å². The van der Waals surface area contributed by atoms with E-state index in [0.29, 0.717) is 0 Å². The summed E-state index contributed by atoms with van der Waals surface area (Å²) in [5, 5.41) is 13.2. The van der Waals surface area contributed by atoms with Gasteiger partial charge in [-0.2, -0.15) is 0 Å². The van der Waals surface area contributed by atoms with Crippen LogP contribution in [-0.2, 0) is 7.05 Å². The van der Waals surface area contributed by atoms with E-state index in [1.807, 2.05) is 17.7 Å². The van der Waals surface area contributed by atoms with Crippen molar-refractivity contribution < 1.29 is 0 Å². The predicted molar refractivity (Wildman–Crippen MR) is 71.5 cm³/mol. The Morgan fingerprint density at radius 1 is 1.50 bits per heavy atom. The molecule has 1 N–H and O–H groups in total. The third-order valence-electron chi connectivity index (χ3n) is 2.64. The minimum Gasteiger partial charge on any atom is -0.311 e. The molecule has 18 heavy (non-hydrogen) atoms. The molecule has 2 rings (SSSR count). The summed E-state index contributed by atoms with van der Waals surface area (Å²) < 4.78 is 1.89. The van der Waals surface area contributed by atoms with E-state index in [1.165, 1.54) is 17.3 Å². The van der Waals surface area contributed by atoms with Gasteiger partial charge in [0.25, 0.3) is 0 Å². The number of hydrogen-bond donors (Lipinski definition) is 1. The highest BCUT2D eigenvalue weighted by molar-refractivity contribution is 7.99. The second kappa shape index (κ2) is 5.97. The fourth-order valence-corrected chi connectivity index (χ4v) is 2.61. The maximum atomic E-state index is 4.44. The summed E-state index contributed by atoms with van der Waals surface area (Å²) in [5.41, 5.74) is 1.19. The topological polar surface area (TPSA) is 55.6 Å². The molecule has 0 amide bonds. The average molecular weight is 263 g/mol. The molecule has 1 atom stereocenters. The third-order valence-corrected chi connectivity index (χ3v) is 3.72. The van der Waals surface area contributed by atoms with Gasteiger partial charge in [0.1, 0.15) is 11.4 Å². The van der Waals surface area contributed by atoms with Gasteiger partial charge in [-0.15, -0.1) is 10.2 Å². The van der Waals surface area contributed by atoms with Crippen LogP contribution in [0, 0.1) is 0 Å². The van der Waals surface area contributed by atoms with Crippen molar-refractivity contribution in [2.45, 2.75) is 30.1 Å². The highest BCUT2D eigenvalue weighted by Gasteiger charge is 2.13. The Labute approximate surface area is 111 Å². The number of aryl methyl sites for hydroxylation is 1. The monoisotopic (exact) mass is 263 g/mol. The Morgan fingerprint density at radius 2 is 2.33 bits per heavy atom. The second-order valence-corrected chi connectivity index (χ2v) is 4.96. The standard InChI is InChI=1S/C12H17N5S/c1-4-13-9(2)10-6-5-7-14-11(10)18-12-16-15-8-17(12)3/h5-9,13H,4H2,1-3H3. The van der Waals surface area contributed by atoms with Crippen LogP contribution >= 0.6 is 11.8 Å². The first kappa shape index (κ1) is 13.0. The Kier molecular flexibility index (Phi) is 4.33. The zero-order valence-corrected chi connectivity index (χ0v) is 11.6. The number of rotatable bonds is 5. The smallest absolute Gasteiger partial charge is 0.197 e. The van der Waals surface area contributed by atoms with E-state index in [0.717, 1.165) is 16.7 Å². The summed E-state index contributed by atoms with van der Waals surface area (Å²) in [4.78, 5) is 4.44. The molecule has 0 aliphatic carbocycles. The van der Waals surface area contributed by atoms with Gasteiger partial charge in [0.05, 0.1) is 0 Å². The summed E-state index contributed by atoms with van der Waals surface area (Å²) in [5.74, 6) is 0. The molecular weight excluding hydrogens is 246 g/mol. The SMILES string of the molecule is CCNC(C)c1cccnc1Sc1nncn1C. The predicted octanol–water partition coefficient (Wildman–Crippen LogP) is 2.03. The van der Waals surface area contributed by atoms with E-state index in [1.54, 1.807) is 12.5 Å². The molecule has 0 bridgehead atoms. The first-order valence-corrected chi connectivity index (χ1v) is 6.74. The van der Waals surface area contributed by atoms with E-state index in [-0.39, 0.29) is 6.04 Å². The molecule has 0 aliphatic heterocycles. The molecule has 5 nitrogen and oxygen atoms in total. The van der Waals surface area contributed by atoms with Gasteiger partial charge in [0.15, 0.2) is 5.16 Å². The molecule has 0 saturated heterocycles. The molecule has 0 spiro atoms. The van der Waals surface area contributed by atoms with Crippen molar-refractivity contribution in [1.82, 2.24) is 25.1 Å². The van der Waals surface area contributed by atoms with Crippen molar-refractivity contribution in [3.8, 4) is 0 Å². The molecular formula is C12H17N5S.